The highest BCUT2D eigenvalue weighted by Gasteiger charge is 2.29. The Kier molecular flexibility index (Phi) is 31.2. The molecule has 214 valence electrons. The Morgan fingerprint density at radius 2 is 0.743 bits per heavy atom. The topological polar surface area (TPSA) is 0 Å². The first-order chi connectivity index (χ1) is 16.7. The fourth-order valence-corrected chi connectivity index (χ4v) is 6.01. The summed E-state index contributed by atoms with van der Waals surface area (Å²) in [5, 5.41) is 0. The third-order valence-electron chi connectivity index (χ3n) is 8.27. The molecule has 0 fully saturated rings. The summed E-state index contributed by atoms with van der Waals surface area (Å²) in [4.78, 5) is 0. The normalized spacial score (nSPS) is 12.6. The van der Waals surface area contributed by atoms with E-state index in [1.807, 2.05) is 0 Å². The summed E-state index contributed by atoms with van der Waals surface area (Å²) in [6.07, 6.45) is 33.2. The monoisotopic (exact) mass is 559 g/mol. The van der Waals surface area contributed by atoms with Gasteiger partial charge in [-0.15, -0.1) is 0 Å². The molecule has 0 aliphatic carbocycles. The SMILES string of the molecule is CCCCCCCCCCCCCCCC[N+](CCCC)(CCCC)CC(CCC)CCCC.[Br-]. The second-order valence-corrected chi connectivity index (χ2v) is 11.8. The molecular formula is C33H70BrN. The summed E-state index contributed by atoms with van der Waals surface area (Å²) in [7, 11) is 0. The van der Waals surface area contributed by atoms with E-state index in [0.717, 1.165) is 5.92 Å². The van der Waals surface area contributed by atoms with Gasteiger partial charge in [0.1, 0.15) is 0 Å². The largest absolute Gasteiger partial charge is 1.00 e. The molecule has 0 aromatic rings. The molecule has 0 aliphatic rings. The van der Waals surface area contributed by atoms with Gasteiger partial charge in [-0.1, -0.05) is 144 Å². The standard InChI is InChI=1S/C33H70N.BrH/c1-6-11-15-16-17-18-19-20-21-22-23-24-25-26-31-34(29-13-8-3,30-14-9-4)32-33(27-10-5)28-12-7-2;/h33H,6-32H2,1-5H3;1H/q+1;/p-1. The Labute approximate surface area is 235 Å². The van der Waals surface area contributed by atoms with E-state index in [-0.39, 0.29) is 17.0 Å². The van der Waals surface area contributed by atoms with Gasteiger partial charge in [0, 0.05) is 5.92 Å². The molecule has 0 saturated heterocycles. The molecule has 1 nitrogen and oxygen atoms in total. The van der Waals surface area contributed by atoms with Crippen molar-refractivity contribution in [1.29, 1.82) is 0 Å². The smallest absolute Gasteiger partial charge is 0.0815 e. The minimum absolute atomic E-state index is 0. The Balaban J connectivity index is 0. The van der Waals surface area contributed by atoms with Crippen LogP contribution in [-0.2, 0) is 0 Å². The van der Waals surface area contributed by atoms with Gasteiger partial charge in [-0.3, -0.25) is 0 Å². The average Bonchev–Trinajstić information content (AvgIpc) is 2.85. The van der Waals surface area contributed by atoms with Gasteiger partial charge in [0.2, 0.25) is 0 Å². The van der Waals surface area contributed by atoms with Crippen LogP contribution in [0.15, 0.2) is 0 Å². The zero-order valence-electron chi connectivity index (χ0n) is 25.5. The molecule has 2 heteroatoms. The van der Waals surface area contributed by atoms with E-state index < -0.39 is 0 Å². The number of nitrogens with zero attached hydrogens (tertiary/aromatic N) is 1. The molecular weight excluding hydrogens is 490 g/mol. The van der Waals surface area contributed by atoms with E-state index >= 15 is 0 Å². The second kappa shape index (κ2) is 29.0. The first-order valence-electron chi connectivity index (χ1n) is 16.5. The molecule has 1 unspecified atom stereocenters. The van der Waals surface area contributed by atoms with Crippen LogP contribution in [0.3, 0.4) is 0 Å². The fourth-order valence-electron chi connectivity index (χ4n) is 6.01. The number of hydrogen-bond acceptors (Lipinski definition) is 0. The molecule has 35 heavy (non-hydrogen) atoms. The van der Waals surface area contributed by atoms with Crippen LogP contribution < -0.4 is 17.0 Å². The summed E-state index contributed by atoms with van der Waals surface area (Å²) in [5.41, 5.74) is 0. The van der Waals surface area contributed by atoms with Gasteiger partial charge >= 0.3 is 0 Å². The van der Waals surface area contributed by atoms with E-state index in [0.29, 0.717) is 0 Å². The summed E-state index contributed by atoms with van der Waals surface area (Å²) in [6, 6.07) is 0. The molecule has 0 spiro atoms. The highest BCUT2D eigenvalue weighted by molar-refractivity contribution is 4.62. The Bertz CT molecular complexity index is 375. The zero-order chi connectivity index (χ0) is 25.2. The molecule has 0 saturated carbocycles. The Hall–Kier alpha value is 0.440. The molecule has 0 amide bonds. The number of unbranched alkanes of at least 4 members (excludes halogenated alkanes) is 16. The van der Waals surface area contributed by atoms with Crippen molar-refractivity contribution in [2.24, 2.45) is 5.92 Å². The highest BCUT2D eigenvalue weighted by atomic mass is 79.9. The van der Waals surface area contributed by atoms with Gasteiger partial charge in [-0.05, 0) is 38.5 Å². The van der Waals surface area contributed by atoms with Gasteiger partial charge < -0.3 is 21.5 Å². The van der Waals surface area contributed by atoms with Crippen molar-refractivity contribution in [3.63, 3.8) is 0 Å². The van der Waals surface area contributed by atoms with Crippen LogP contribution in [0.1, 0.15) is 182 Å². The quantitative estimate of drug-likeness (QED) is 0.0665. The predicted octanol–water partition coefficient (Wildman–Crippen LogP) is 8.50. The molecule has 0 heterocycles. The second-order valence-electron chi connectivity index (χ2n) is 11.8. The van der Waals surface area contributed by atoms with Crippen molar-refractivity contribution in [2.75, 3.05) is 26.2 Å². The van der Waals surface area contributed by atoms with Crippen molar-refractivity contribution in [3.8, 4) is 0 Å². The Morgan fingerprint density at radius 3 is 1.14 bits per heavy atom. The number of hydrogen-bond donors (Lipinski definition) is 0. The van der Waals surface area contributed by atoms with Crippen LogP contribution in [0, 0.1) is 5.92 Å². The number of halogens is 1. The van der Waals surface area contributed by atoms with E-state index in [9.17, 15) is 0 Å². The zero-order valence-corrected chi connectivity index (χ0v) is 27.1. The van der Waals surface area contributed by atoms with E-state index in [1.54, 1.807) is 0 Å². The van der Waals surface area contributed by atoms with Gasteiger partial charge in [0.05, 0.1) is 26.2 Å². The average molecular weight is 561 g/mol. The number of quaternary nitrogens is 1. The predicted molar refractivity (Wildman–Crippen MR) is 158 cm³/mol. The van der Waals surface area contributed by atoms with Gasteiger partial charge in [-0.2, -0.15) is 0 Å². The molecule has 0 rings (SSSR count). The van der Waals surface area contributed by atoms with Crippen LogP contribution in [-0.4, -0.2) is 30.7 Å². The summed E-state index contributed by atoms with van der Waals surface area (Å²) < 4.78 is 1.45. The van der Waals surface area contributed by atoms with E-state index in [4.69, 9.17) is 0 Å². The molecule has 0 aromatic carbocycles. The van der Waals surface area contributed by atoms with Gasteiger partial charge in [0.25, 0.3) is 0 Å². The van der Waals surface area contributed by atoms with Crippen molar-refractivity contribution in [2.45, 2.75) is 182 Å². The van der Waals surface area contributed by atoms with Crippen molar-refractivity contribution in [1.82, 2.24) is 0 Å². The van der Waals surface area contributed by atoms with Crippen LogP contribution in [0.25, 0.3) is 0 Å². The Morgan fingerprint density at radius 1 is 0.371 bits per heavy atom. The first kappa shape index (κ1) is 37.6. The molecule has 0 aromatic heterocycles. The molecule has 0 radical (unpaired) electrons. The maximum atomic E-state index is 2.40. The highest BCUT2D eigenvalue weighted by Crippen LogP contribution is 2.24. The third-order valence-corrected chi connectivity index (χ3v) is 8.27. The van der Waals surface area contributed by atoms with Crippen molar-refractivity contribution < 1.29 is 21.5 Å². The van der Waals surface area contributed by atoms with Crippen LogP contribution in [0.4, 0.5) is 0 Å². The third kappa shape index (κ3) is 23.3. The lowest BCUT2D eigenvalue weighted by Crippen LogP contribution is -3.00. The van der Waals surface area contributed by atoms with Crippen molar-refractivity contribution in [3.05, 3.63) is 0 Å². The maximum Gasteiger partial charge on any atom is 0.0815 e. The molecule has 0 aliphatic heterocycles. The molecule has 1 atom stereocenters. The molecule has 0 bridgehead atoms. The van der Waals surface area contributed by atoms with Gasteiger partial charge in [0.15, 0.2) is 0 Å². The fraction of sp³-hybridized carbons (Fsp3) is 1.00. The van der Waals surface area contributed by atoms with E-state index in [2.05, 4.69) is 34.6 Å². The lowest BCUT2D eigenvalue weighted by atomic mass is 9.94. The summed E-state index contributed by atoms with van der Waals surface area (Å²) >= 11 is 0. The number of rotatable bonds is 28. The first-order valence-corrected chi connectivity index (χ1v) is 16.5. The maximum absolute atomic E-state index is 2.40. The van der Waals surface area contributed by atoms with Crippen molar-refractivity contribution >= 4 is 0 Å². The van der Waals surface area contributed by atoms with Crippen LogP contribution >= 0.6 is 0 Å². The van der Waals surface area contributed by atoms with Crippen LogP contribution in [0.2, 0.25) is 0 Å². The molecule has 0 N–H and O–H groups in total. The van der Waals surface area contributed by atoms with Gasteiger partial charge in [-0.25, -0.2) is 0 Å². The minimum atomic E-state index is 0. The summed E-state index contributed by atoms with van der Waals surface area (Å²) in [6.45, 7) is 17.7. The minimum Gasteiger partial charge on any atom is -1.00 e. The van der Waals surface area contributed by atoms with Crippen LogP contribution in [0.5, 0.6) is 0 Å². The lowest BCUT2D eigenvalue weighted by Gasteiger charge is -2.42. The summed E-state index contributed by atoms with van der Waals surface area (Å²) in [5.74, 6) is 0.963. The van der Waals surface area contributed by atoms with E-state index in [1.165, 1.54) is 178 Å². The lowest BCUT2D eigenvalue weighted by molar-refractivity contribution is -0.932.